The van der Waals surface area contributed by atoms with Crippen LogP contribution in [0.25, 0.3) is 0 Å². The second-order valence-corrected chi connectivity index (χ2v) is 9.42. The largest absolute Gasteiger partial charge is 0.300 e. The van der Waals surface area contributed by atoms with E-state index in [-0.39, 0.29) is 14.2 Å². The van der Waals surface area contributed by atoms with Crippen molar-refractivity contribution < 1.29 is 13.3 Å². The van der Waals surface area contributed by atoms with E-state index in [1.165, 1.54) is 19.3 Å². The molecule has 2 aliphatic carbocycles. The van der Waals surface area contributed by atoms with E-state index in [1.54, 1.807) is 0 Å². The van der Waals surface area contributed by atoms with Crippen molar-refractivity contribution in [3.63, 3.8) is 0 Å². The minimum absolute atomic E-state index is 0.0950. The lowest BCUT2D eigenvalue weighted by atomic mass is 9.89. The molecule has 1 N–H and O–H groups in total. The zero-order chi connectivity index (χ0) is 15.2. The normalized spacial score (nSPS) is 28.1. The average Bonchev–Trinajstić information content (AvgIpc) is 3.10. The maximum Gasteiger partial charge on any atom is 0.300 e. The second-order valence-electron chi connectivity index (χ2n) is 5.77. The molecule has 2 bridgehead atoms. The summed E-state index contributed by atoms with van der Waals surface area (Å²) in [7, 11) is -3.72. The van der Waals surface area contributed by atoms with Crippen LogP contribution >= 0.6 is 22.9 Å². The minimum Gasteiger partial charge on any atom is -0.258 e. The van der Waals surface area contributed by atoms with Gasteiger partial charge in [-0.2, -0.15) is 0 Å². The molecule has 3 rings (SSSR count). The first-order valence-corrected chi connectivity index (χ1v) is 9.48. The number of halogens is 1. The summed E-state index contributed by atoms with van der Waals surface area (Å²) in [6, 6.07) is 1.02. The van der Waals surface area contributed by atoms with Gasteiger partial charge >= 0.3 is 0 Å². The van der Waals surface area contributed by atoms with E-state index in [4.69, 9.17) is 11.6 Å². The van der Waals surface area contributed by atoms with E-state index in [0.29, 0.717) is 18.4 Å². The fraction of sp³-hybridized carbons (Fsp3) is 0.667. The first kappa shape index (κ1) is 15.2. The van der Waals surface area contributed by atoms with Crippen LogP contribution in [-0.4, -0.2) is 19.9 Å². The molecule has 0 aliphatic heterocycles. The molecule has 21 heavy (non-hydrogen) atoms. The lowest BCUT2D eigenvalue weighted by molar-refractivity contribution is -0.384. The molecule has 2 fully saturated rings. The Morgan fingerprint density at radius 1 is 1.43 bits per heavy atom. The molecule has 6 nitrogen and oxygen atoms in total. The highest BCUT2D eigenvalue weighted by Gasteiger charge is 2.39. The number of nitrogens with zero attached hydrogens (tertiary/aromatic N) is 1. The zero-order valence-electron chi connectivity index (χ0n) is 11.1. The van der Waals surface area contributed by atoms with Gasteiger partial charge in [-0.05, 0) is 37.0 Å². The van der Waals surface area contributed by atoms with Gasteiger partial charge in [0.2, 0.25) is 10.0 Å². The molecule has 3 unspecified atom stereocenters. The second kappa shape index (κ2) is 5.49. The van der Waals surface area contributed by atoms with Crippen molar-refractivity contribution in [3.05, 3.63) is 20.5 Å². The van der Waals surface area contributed by atoms with Gasteiger partial charge in [-0.3, -0.25) is 10.1 Å². The molecular formula is C12H15ClN2O4S2. The SMILES string of the molecule is O=[N+]([O-])c1cc(S(=O)(=O)NCC2CC3CCC2C3)sc1Cl. The van der Waals surface area contributed by atoms with E-state index >= 15 is 0 Å². The Balaban J connectivity index is 1.69. The predicted molar refractivity (Wildman–Crippen MR) is 80.1 cm³/mol. The van der Waals surface area contributed by atoms with Crippen molar-refractivity contribution in [2.75, 3.05) is 6.54 Å². The molecule has 2 saturated carbocycles. The Kier molecular flexibility index (Phi) is 3.98. The van der Waals surface area contributed by atoms with Crippen LogP contribution in [0, 0.1) is 27.9 Å². The summed E-state index contributed by atoms with van der Waals surface area (Å²) in [6.07, 6.45) is 4.75. The third kappa shape index (κ3) is 2.94. The third-order valence-corrected chi connectivity index (χ3v) is 7.76. The predicted octanol–water partition coefficient (Wildman–Crippen LogP) is 3.02. The number of nitro groups is 1. The summed E-state index contributed by atoms with van der Waals surface area (Å²) in [4.78, 5) is 10.1. The van der Waals surface area contributed by atoms with Crippen LogP contribution in [-0.2, 0) is 10.0 Å². The lowest BCUT2D eigenvalue weighted by Gasteiger charge is -2.21. The molecule has 1 aromatic rings. The smallest absolute Gasteiger partial charge is 0.258 e. The number of hydrogen-bond donors (Lipinski definition) is 1. The van der Waals surface area contributed by atoms with Crippen molar-refractivity contribution in [3.8, 4) is 0 Å². The monoisotopic (exact) mass is 350 g/mol. The molecule has 116 valence electrons. The number of sulfonamides is 1. The van der Waals surface area contributed by atoms with Gasteiger partial charge in [-0.1, -0.05) is 18.0 Å². The van der Waals surface area contributed by atoms with Gasteiger partial charge < -0.3 is 0 Å². The summed E-state index contributed by atoms with van der Waals surface area (Å²) in [5.74, 6) is 1.77. The van der Waals surface area contributed by atoms with Gasteiger partial charge in [0, 0.05) is 12.6 Å². The molecule has 0 saturated heterocycles. The zero-order valence-corrected chi connectivity index (χ0v) is 13.5. The van der Waals surface area contributed by atoms with Crippen LogP contribution in [0.4, 0.5) is 5.69 Å². The fourth-order valence-electron chi connectivity index (χ4n) is 3.51. The van der Waals surface area contributed by atoms with Crippen molar-refractivity contribution in [2.24, 2.45) is 17.8 Å². The first-order chi connectivity index (χ1) is 9.87. The molecule has 1 aromatic heterocycles. The Morgan fingerprint density at radius 2 is 2.19 bits per heavy atom. The summed E-state index contributed by atoms with van der Waals surface area (Å²) >= 11 is 6.43. The van der Waals surface area contributed by atoms with E-state index in [0.717, 1.165) is 29.7 Å². The molecular weight excluding hydrogens is 336 g/mol. The highest BCUT2D eigenvalue weighted by atomic mass is 35.5. The number of fused-ring (bicyclic) bond motifs is 2. The Labute approximate surface area is 131 Å². The van der Waals surface area contributed by atoms with Crippen LogP contribution in [0.3, 0.4) is 0 Å². The van der Waals surface area contributed by atoms with E-state index in [2.05, 4.69) is 4.72 Å². The van der Waals surface area contributed by atoms with Gasteiger partial charge in [0.1, 0.15) is 4.21 Å². The van der Waals surface area contributed by atoms with Crippen LogP contribution in [0.2, 0.25) is 4.34 Å². The summed E-state index contributed by atoms with van der Waals surface area (Å²) in [6.45, 7) is 0.410. The topological polar surface area (TPSA) is 89.3 Å². The maximum atomic E-state index is 12.2. The number of hydrogen-bond acceptors (Lipinski definition) is 5. The first-order valence-electron chi connectivity index (χ1n) is 6.80. The summed E-state index contributed by atoms with van der Waals surface area (Å²) < 4.78 is 26.8. The number of nitrogens with one attached hydrogen (secondary N) is 1. The Morgan fingerprint density at radius 3 is 2.71 bits per heavy atom. The van der Waals surface area contributed by atoms with Crippen LogP contribution in [0.15, 0.2) is 10.3 Å². The minimum atomic E-state index is -3.72. The Hall–Kier alpha value is -0.700. The van der Waals surface area contributed by atoms with Gasteiger partial charge in [-0.25, -0.2) is 13.1 Å². The molecule has 0 spiro atoms. The van der Waals surface area contributed by atoms with Crippen LogP contribution in [0.1, 0.15) is 25.7 Å². The molecule has 0 radical (unpaired) electrons. The summed E-state index contributed by atoms with van der Waals surface area (Å²) in [5, 5.41) is 10.7. The molecule has 2 aliphatic rings. The van der Waals surface area contributed by atoms with E-state index in [1.807, 2.05) is 0 Å². The lowest BCUT2D eigenvalue weighted by Crippen LogP contribution is -2.31. The van der Waals surface area contributed by atoms with Crippen molar-refractivity contribution in [1.82, 2.24) is 4.72 Å². The Bertz CT molecular complexity index is 673. The number of thiophene rings is 1. The standard InChI is InChI=1S/C12H15ClN2O4S2/c13-12-10(15(16)17)5-11(20-12)21(18,19)14-6-9-4-7-1-2-8(9)3-7/h5,7-9,14H,1-4,6H2. The molecule has 3 atom stereocenters. The van der Waals surface area contributed by atoms with Gasteiger partial charge in [-0.15, -0.1) is 11.3 Å². The average molecular weight is 351 g/mol. The van der Waals surface area contributed by atoms with Crippen molar-refractivity contribution >= 4 is 38.6 Å². The number of rotatable bonds is 5. The maximum absolute atomic E-state index is 12.2. The fourth-order valence-corrected chi connectivity index (χ4v) is 6.31. The highest BCUT2D eigenvalue weighted by molar-refractivity contribution is 7.91. The van der Waals surface area contributed by atoms with Crippen molar-refractivity contribution in [2.45, 2.75) is 29.9 Å². The molecule has 9 heteroatoms. The highest BCUT2D eigenvalue weighted by Crippen LogP contribution is 2.48. The van der Waals surface area contributed by atoms with E-state index in [9.17, 15) is 18.5 Å². The van der Waals surface area contributed by atoms with Crippen LogP contribution < -0.4 is 4.72 Å². The van der Waals surface area contributed by atoms with Crippen molar-refractivity contribution in [1.29, 1.82) is 0 Å². The summed E-state index contributed by atoms with van der Waals surface area (Å²) in [5.41, 5.74) is -0.359. The molecule has 0 amide bonds. The molecule has 0 aromatic carbocycles. The quantitative estimate of drug-likeness (QED) is 0.652. The van der Waals surface area contributed by atoms with Gasteiger partial charge in [0.05, 0.1) is 4.92 Å². The van der Waals surface area contributed by atoms with Gasteiger partial charge in [0.25, 0.3) is 5.69 Å². The van der Waals surface area contributed by atoms with Gasteiger partial charge in [0.15, 0.2) is 4.34 Å². The van der Waals surface area contributed by atoms with Crippen LogP contribution in [0.5, 0.6) is 0 Å². The third-order valence-electron chi connectivity index (χ3n) is 4.53. The van der Waals surface area contributed by atoms with E-state index < -0.39 is 14.9 Å². The molecule has 1 heterocycles.